The minimum absolute atomic E-state index is 0.0872. The standard InChI is InChI=1S/C23H30N4O2/c1-4-16-10-8-9-13-18(16)25-21(28)15-27-20(23(24)29)14-19(26(2)3)22(27)17-11-6-5-7-12-17/h5-13,19-20,22H,4,14-15H2,1-3H3,(H2,24,29)(H,25,28)/t19-,20+,22+/m1/s1. The molecule has 2 aromatic carbocycles. The van der Waals surface area contributed by atoms with Crippen LogP contribution in [0.1, 0.15) is 30.5 Å². The van der Waals surface area contributed by atoms with Crippen LogP contribution in [-0.4, -0.2) is 54.3 Å². The lowest BCUT2D eigenvalue weighted by molar-refractivity contribution is -0.124. The van der Waals surface area contributed by atoms with Gasteiger partial charge in [-0.25, -0.2) is 0 Å². The van der Waals surface area contributed by atoms with E-state index in [0.717, 1.165) is 23.2 Å². The molecule has 1 fully saturated rings. The Morgan fingerprint density at radius 1 is 1.10 bits per heavy atom. The molecule has 29 heavy (non-hydrogen) atoms. The van der Waals surface area contributed by atoms with Gasteiger partial charge in [-0.15, -0.1) is 0 Å². The van der Waals surface area contributed by atoms with E-state index in [0.29, 0.717) is 6.42 Å². The van der Waals surface area contributed by atoms with Crippen molar-refractivity contribution in [3.8, 4) is 0 Å². The van der Waals surface area contributed by atoms with E-state index in [1.54, 1.807) is 0 Å². The van der Waals surface area contributed by atoms with Crippen LogP contribution in [0.2, 0.25) is 0 Å². The topological polar surface area (TPSA) is 78.7 Å². The Morgan fingerprint density at radius 3 is 2.38 bits per heavy atom. The predicted molar refractivity (Wildman–Crippen MR) is 115 cm³/mol. The van der Waals surface area contributed by atoms with Gasteiger partial charge in [0, 0.05) is 11.7 Å². The third kappa shape index (κ3) is 4.66. The first-order chi connectivity index (χ1) is 13.9. The number of nitrogens with two attached hydrogens (primary N) is 1. The number of benzene rings is 2. The number of nitrogens with zero attached hydrogens (tertiary/aromatic N) is 2. The fourth-order valence-corrected chi connectivity index (χ4v) is 4.26. The van der Waals surface area contributed by atoms with Crippen LogP contribution in [0.5, 0.6) is 0 Å². The molecule has 1 saturated heterocycles. The number of carbonyl (C=O) groups excluding carboxylic acids is 2. The maximum atomic E-state index is 12.9. The van der Waals surface area contributed by atoms with E-state index in [9.17, 15) is 9.59 Å². The maximum Gasteiger partial charge on any atom is 0.238 e. The van der Waals surface area contributed by atoms with Crippen LogP contribution in [0.15, 0.2) is 54.6 Å². The van der Waals surface area contributed by atoms with Gasteiger partial charge in [0.05, 0.1) is 18.6 Å². The SMILES string of the molecule is CCc1ccccc1NC(=O)CN1[C@H](C(N)=O)C[C@@H](N(C)C)[C@@H]1c1ccccc1. The monoisotopic (exact) mass is 394 g/mol. The zero-order valence-corrected chi connectivity index (χ0v) is 17.3. The third-order valence-electron chi connectivity index (χ3n) is 5.72. The molecule has 1 heterocycles. The molecule has 0 saturated carbocycles. The van der Waals surface area contributed by atoms with Crippen molar-refractivity contribution in [1.29, 1.82) is 0 Å². The lowest BCUT2D eigenvalue weighted by atomic mass is 9.99. The maximum absolute atomic E-state index is 12.9. The summed E-state index contributed by atoms with van der Waals surface area (Å²) in [5.74, 6) is -0.533. The minimum atomic E-state index is -0.486. The average molecular weight is 395 g/mol. The van der Waals surface area contributed by atoms with Crippen LogP contribution in [0, 0.1) is 0 Å². The van der Waals surface area contributed by atoms with E-state index in [2.05, 4.69) is 17.1 Å². The first-order valence-electron chi connectivity index (χ1n) is 10.1. The van der Waals surface area contributed by atoms with Crippen molar-refractivity contribution in [2.75, 3.05) is 26.0 Å². The molecule has 2 aromatic rings. The smallest absolute Gasteiger partial charge is 0.238 e. The lowest BCUT2D eigenvalue weighted by Crippen LogP contribution is -2.45. The van der Waals surface area contributed by atoms with Gasteiger partial charge in [-0.05, 0) is 44.1 Å². The molecule has 2 amide bonds. The molecule has 6 heteroatoms. The van der Waals surface area contributed by atoms with Crippen molar-refractivity contribution in [3.63, 3.8) is 0 Å². The zero-order chi connectivity index (χ0) is 21.0. The Morgan fingerprint density at radius 2 is 1.76 bits per heavy atom. The molecule has 0 aromatic heterocycles. The second kappa shape index (κ2) is 9.20. The normalized spacial score (nSPS) is 22.0. The van der Waals surface area contributed by atoms with Crippen molar-refractivity contribution in [2.24, 2.45) is 5.73 Å². The number of aryl methyl sites for hydroxylation is 1. The number of nitrogens with one attached hydrogen (secondary N) is 1. The largest absolute Gasteiger partial charge is 0.368 e. The summed E-state index contributed by atoms with van der Waals surface area (Å²) in [5.41, 5.74) is 8.71. The summed E-state index contributed by atoms with van der Waals surface area (Å²) in [6, 6.07) is 17.3. The zero-order valence-electron chi connectivity index (χ0n) is 17.3. The van der Waals surface area contributed by atoms with Gasteiger partial charge in [0.25, 0.3) is 0 Å². The number of amides is 2. The van der Waals surface area contributed by atoms with Crippen molar-refractivity contribution in [2.45, 2.75) is 37.9 Å². The molecule has 154 valence electrons. The first kappa shape index (κ1) is 21.0. The molecule has 1 aliphatic rings. The molecular formula is C23H30N4O2. The van der Waals surface area contributed by atoms with Crippen molar-refractivity contribution in [3.05, 3.63) is 65.7 Å². The highest BCUT2D eigenvalue weighted by atomic mass is 16.2. The predicted octanol–water partition coefficient (Wildman–Crippen LogP) is 2.42. The van der Waals surface area contributed by atoms with E-state index in [4.69, 9.17) is 5.73 Å². The van der Waals surface area contributed by atoms with Crippen molar-refractivity contribution in [1.82, 2.24) is 9.80 Å². The van der Waals surface area contributed by atoms with Crippen LogP contribution in [0.4, 0.5) is 5.69 Å². The number of carbonyl (C=O) groups is 2. The number of hydrogen-bond acceptors (Lipinski definition) is 4. The number of likely N-dealkylation sites (N-methyl/N-ethyl adjacent to an activating group) is 1. The van der Waals surface area contributed by atoms with Crippen LogP contribution < -0.4 is 11.1 Å². The Hall–Kier alpha value is -2.70. The van der Waals surface area contributed by atoms with Crippen LogP contribution >= 0.6 is 0 Å². The van der Waals surface area contributed by atoms with Gasteiger partial charge in [-0.3, -0.25) is 14.5 Å². The molecule has 0 spiro atoms. The average Bonchev–Trinajstić information content (AvgIpc) is 3.08. The number of likely N-dealkylation sites (tertiary alicyclic amines) is 1. The molecule has 3 rings (SSSR count). The minimum Gasteiger partial charge on any atom is -0.368 e. The summed E-state index contributed by atoms with van der Waals surface area (Å²) in [5, 5.41) is 3.02. The van der Waals surface area contributed by atoms with E-state index in [1.807, 2.05) is 73.6 Å². The molecule has 3 N–H and O–H groups in total. The van der Waals surface area contributed by atoms with Gasteiger partial charge in [-0.1, -0.05) is 55.5 Å². The second-order valence-corrected chi connectivity index (χ2v) is 7.77. The molecule has 0 radical (unpaired) electrons. The number of para-hydroxylation sites is 1. The Kier molecular flexibility index (Phi) is 6.67. The fraction of sp³-hybridized carbons (Fsp3) is 0.391. The summed E-state index contributed by atoms with van der Waals surface area (Å²) in [6.07, 6.45) is 1.43. The fourth-order valence-electron chi connectivity index (χ4n) is 4.26. The molecular weight excluding hydrogens is 364 g/mol. The highest BCUT2D eigenvalue weighted by molar-refractivity contribution is 5.93. The van der Waals surface area contributed by atoms with Crippen LogP contribution in [0.3, 0.4) is 0 Å². The van der Waals surface area contributed by atoms with Gasteiger partial charge < -0.3 is 16.0 Å². The number of anilines is 1. The number of primary amides is 1. The van der Waals surface area contributed by atoms with Crippen molar-refractivity contribution < 1.29 is 9.59 Å². The first-order valence-corrected chi connectivity index (χ1v) is 10.1. The van der Waals surface area contributed by atoms with E-state index >= 15 is 0 Å². The quantitative estimate of drug-likeness (QED) is 0.756. The summed E-state index contributed by atoms with van der Waals surface area (Å²) in [6.45, 7) is 2.16. The Balaban J connectivity index is 1.88. The van der Waals surface area contributed by atoms with Crippen molar-refractivity contribution >= 4 is 17.5 Å². The molecule has 1 aliphatic heterocycles. The van der Waals surface area contributed by atoms with Gasteiger partial charge in [0.1, 0.15) is 0 Å². The van der Waals surface area contributed by atoms with E-state index in [-0.39, 0.29) is 24.5 Å². The molecule has 0 unspecified atom stereocenters. The highest BCUT2D eigenvalue weighted by Gasteiger charge is 2.45. The van der Waals surface area contributed by atoms with Gasteiger partial charge in [0.15, 0.2) is 0 Å². The van der Waals surface area contributed by atoms with Gasteiger partial charge >= 0.3 is 0 Å². The van der Waals surface area contributed by atoms with E-state index in [1.165, 1.54) is 0 Å². The molecule has 6 nitrogen and oxygen atoms in total. The van der Waals surface area contributed by atoms with Gasteiger partial charge in [0.2, 0.25) is 11.8 Å². The Labute approximate surface area is 172 Å². The van der Waals surface area contributed by atoms with E-state index < -0.39 is 11.9 Å². The Bertz CT molecular complexity index is 853. The summed E-state index contributed by atoms with van der Waals surface area (Å²) in [4.78, 5) is 29.2. The summed E-state index contributed by atoms with van der Waals surface area (Å²) >= 11 is 0. The van der Waals surface area contributed by atoms with Crippen LogP contribution in [0.25, 0.3) is 0 Å². The summed E-state index contributed by atoms with van der Waals surface area (Å²) < 4.78 is 0. The summed E-state index contributed by atoms with van der Waals surface area (Å²) in [7, 11) is 4.00. The molecule has 3 atom stereocenters. The number of rotatable bonds is 7. The second-order valence-electron chi connectivity index (χ2n) is 7.77. The highest BCUT2D eigenvalue weighted by Crippen LogP contribution is 2.38. The van der Waals surface area contributed by atoms with Crippen LogP contribution in [-0.2, 0) is 16.0 Å². The third-order valence-corrected chi connectivity index (χ3v) is 5.72. The lowest BCUT2D eigenvalue weighted by Gasteiger charge is -2.32. The molecule has 0 aliphatic carbocycles. The molecule has 0 bridgehead atoms. The number of hydrogen-bond donors (Lipinski definition) is 2. The van der Waals surface area contributed by atoms with Gasteiger partial charge in [-0.2, -0.15) is 0 Å².